The molecule has 0 bridgehead atoms. The van der Waals surface area contributed by atoms with Crippen molar-refractivity contribution in [1.82, 2.24) is 4.90 Å². The second-order valence-electron chi connectivity index (χ2n) is 3.83. The Morgan fingerprint density at radius 2 is 1.80 bits per heavy atom. The molecule has 0 spiro atoms. The van der Waals surface area contributed by atoms with Crippen LogP contribution in [-0.2, 0) is 0 Å². The van der Waals surface area contributed by atoms with E-state index >= 15 is 0 Å². The van der Waals surface area contributed by atoms with Gasteiger partial charge in [-0.1, -0.05) is 28.1 Å². The van der Waals surface area contributed by atoms with Crippen LogP contribution in [0.15, 0.2) is 28.7 Å². The van der Waals surface area contributed by atoms with Crippen molar-refractivity contribution in [2.24, 2.45) is 0 Å². The Hall–Kier alpha value is -0.850. The molecule has 0 amide bonds. The summed E-state index contributed by atoms with van der Waals surface area (Å²) in [5.74, 6) is 0. The maximum Gasteiger partial charge on any atom is 0.123 e. The molecule has 1 unspecified atom stereocenters. The van der Waals surface area contributed by atoms with Gasteiger partial charge < -0.3 is 0 Å². The Balaban J connectivity index is 2.19. The third-order valence-electron chi connectivity index (χ3n) is 2.81. The minimum absolute atomic E-state index is 0.0689. The molecule has 1 saturated heterocycles. The van der Waals surface area contributed by atoms with Gasteiger partial charge in [-0.25, -0.2) is 0 Å². The van der Waals surface area contributed by atoms with Crippen molar-refractivity contribution in [3.05, 3.63) is 34.3 Å². The molecule has 78 valence electrons. The molecule has 0 aliphatic carbocycles. The van der Waals surface area contributed by atoms with E-state index in [0.717, 1.165) is 23.1 Å². The van der Waals surface area contributed by atoms with E-state index in [2.05, 4.69) is 26.9 Å². The van der Waals surface area contributed by atoms with Crippen molar-refractivity contribution in [2.75, 3.05) is 13.1 Å². The first-order valence-corrected chi connectivity index (χ1v) is 5.99. The molecule has 3 heteroatoms. The molecular weight excluding hydrogens is 252 g/mol. The van der Waals surface area contributed by atoms with Gasteiger partial charge in [0.1, 0.15) is 6.04 Å². The maximum absolute atomic E-state index is 9.21. The highest BCUT2D eigenvalue weighted by Gasteiger charge is 2.22. The summed E-state index contributed by atoms with van der Waals surface area (Å²) < 4.78 is 1.06. The molecule has 1 atom stereocenters. The Labute approximate surface area is 98.6 Å². The highest BCUT2D eigenvalue weighted by molar-refractivity contribution is 9.10. The van der Waals surface area contributed by atoms with Crippen molar-refractivity contribution in [1.29, 1.82) is 5.26 Å². The minimum atomic E-state index is -0.0689. The fourth-order valence-electron chi connectivity index (χ4n) is 2.01. The fourth-order valence-corrected chi connectivity index (χ4v) is 2.28. The summed E-state index contributed by atoms with van der Waals surface area (Å²) >= 11 is 3.40. The smallest absolute Gasteiger partial charge is 0.123 e. The van der Waals surface area contributed by atoms with E-state index in [9.17, 15) is 5.26 Å². The van der Waals surface area contributed by atoms with Gasteiger partial charge in [0, 0.05) is 4.47 Å². The van der Waals surface area contributed by atoms with Crippen molar-refractivity contribution in [3.8, 4) is 6.07 Å². The largest absolute Gasteiger partial charge is 0.284 e. The zero-order valence-electron chi connectivity index (χ0n) is 8.49. The summed E-state index contributed by atoms with van der Waals surface area (Å²) in [6.07, 6.45) is 2.43. The predicted octanol–water partition coefficient (Wildman–Crippen LogP) is 3.11. The number of nitrogens with zero attached hydrogens (tertiary/aromatic N) is 2. The number of rotatable bonds is 2. The van der Waals surface area contributed by atoms with Crippen LogP contribution in [0.2, 0.25) is 0 Å². The Bertz CT molecular complexity index is 360. The first-order valence-electron chi connectivity index (χ1n) is 5.20. The summed E-state index contributed by atoms with van der Waals surface area (Å²) in [4.78, 5) is 2.25. The summed E-state index contributed by atoms with van der Waals surface area (Å²) in [6, 6.07) is 10.4. The summed E-state index contributed by atoms with van der Waals surface area (Å²) in [7, 11) is 0. The number of nitriles is 1. The van der Waals surface area contributed by atoms with E-state index in [-0.39, 0.29) is 6.04 Å². The van der Waals surface area contributed by atoms with Gasteiger partial charge in [0.25, 0.3) is 0 Å². The lowest BCUT2D eigenvalue weighted by molar-refractivity contribution is 0.294. The van der Waals surface area contributed by atoms with E-state index in [4.69, 9.17) is 0 Å². The van der Waals surface area contributed by atoms with E-state index in [1.54, 1.807) is 0 Å². The van der Waals surface area contributed by atoms with Crippen LogP contribution in [0.5, 0.6) is 0 Å². The standard InChI is InChI=1S/C12H13BrN2/c13-11-5-3-10(4-6-11)12(9-14)15-7-1-2-8-15/h3-6,12H,1-2,7-8H2. The van der Waals surface area contributed by atoms with E-state index in [1.165, 1.54) is 12.8 Å². The first kappa shape index (κ1) is 10.7. The van der Waals surface area contributed by atoms with E-state index in [0.29, 0.717) is 0 Å². The fraction of sp³-hybridized carbons (Fsp3) is 0.417. The zero-order valence-corrected chi connectivity index (χ0v) is 10.1. The molecule has 1 fully saturated rings. The average Bonchev–Trinajstić information content (AvgIpc) is 2.75. The van der Waals surface area contributed by atoms with Gasteiger partial charge in [-0.15, -0.1) is 0 Å². The molecule has 2 rings (SSSR count). The molecule has 1 aromatic rings. The molecular formula is C12H13BrN2. The van der Waals surface area contributed by atoms with Crippen LogP contribution in [0.4, 0.5) is 0 Å². The molecule has 0 saturated carbocycles. The van der Waals surface area contributed by atoms with Crippen LogP contribution in [0.1, 0.15) is 24.4 Å². The number of hydrogen-bond acceptors (Lipinski definition) is 2. The van der Waals surface area contributed by atoms with Crippen LogP contribution in [0, 0.1) is 11.3 Å². The van der Waals surface area contributed by atoms with Gasteiger partial charge in [0.05, 0.1) is 6.07 Å². The number of hydrogen-bond donors (Lipinski definition) is 0. The molecule has 0 aromatic heterocycles. The monoisotopic (exact) mass is 264 g/mol. The molecule has 0 N–H and O–H groups in total. The van der Waals surface area contributed by atoms with Crippen LogP contribution in [-0.4, -0.2) is 18.0 Å². The van der Waals surface area contributed by atoms with Crippen molar-refractivity contribution in [2.45, 2.75) is 18.9 Å². The quantitative estimate of drug-likeness (QED) is 0.821. The van der Waals surface area contributed by atoms with E-state index < -0.39 is 0 Å². The van der Waals surface area contributed by atoms with Gasteiger partial charge >= 0.3 is 0 Å². The zero-order chi connectivity index (χ0) is 10.7. The third-order valence-corrected chi connectivity index (χ3v) is 3.34. The highest BCUT2D eigenvalue weighted by Crippen LogP contribution is 2.25. The summed E-state index contributed by atoms with van der Waals surface area (Å²) in [6.45, 7) is 2.10. The lowest BCUT2D eigenvalue weighted by Crippen LogP contribution is -2.24. The van der Waals surface area contributed by atoms with Crippen LogP contribution in [0.3, 0.4) is 0 Å². The molecule has 1 aliphatic rings. The van der Waals surface area contributed by atoms with Gasteiger partial charge in [0.2, 0.25) is 0 Å². The first-order chi connectivity index (χ1) is 7.31. The molecule has 15 heavy (non-hydrogen) atoms. The number of benzene rings is 1. The van der Waals surface area contributed by atoms with E-state index in [1.807, 2.05) is 24.3 Å². The minimum Gasteiger partial charge on any atom is -0.284 e. The lowest BCUT2D eigenvalue weighted by Gasteiger charge is -2.21. The Kier molecular flexibility index (Phi) is 3.40. The average molecular weight is 265 g/mol. The van der Waals surface area contributed by atoms with Gasteiger partial charge in [-0.2, -0.15) is 5.26 Å². The maximum atomic E-state index is 9.21. The second-order valence-corrected chi connectivity index (χ2v) is 4.74. The topological polar surface area (TPSA) is 27.0 Å². The predicted molar refractivity (Wildman–Crippen MR) is 63.3 cm³/mol. The highest BCUT2D eigenvalue weighted by atomic mass is 79.9. The molecule has 1 heterocycles. The van der Waals surface area contributed by atoms with Crippen LogP contribution in [0.25, 0.3) is 0 Å². The van der Waals surface area contributed by atoms with Crippen molar-refractivity contribution in [3.63, 3.8) is 0 Å². The Morgan fingerprint density at radius 3 is 2.33 bits per heavy atom. The van der Waals surface area contributed by atoms with Gasteiger partial charge in [-0.3, -0.25) is 4.90 Å². The second kappa shape index (κ2) is 4.78. The van der Waals surface area contributed by atoms with Crippen LogP contribution >= 0.6 is 15.9 Å². The molecule has 1 aliphatic heterocycles. The molecule has 0 radical (unpaired) electrons. The third kappa shape index (κ3) is 2.39. The summed E-state index contributed by atoms with van der Waals surface area (Å²) in [5, 5.41) is 9.21. The summed E-state index contributed by atoms with van der Waals surface area (Å²) in [5.41, 5.74) is 1.10. The molecule has 1 aromatic carbocycles. The Morgan fingerprint density at radius 1 is 1.20 bits per heavy atom. The van der Waals surface area contributed by atoms with Crippen LogP contribution < -0.4 is 0 Å². The SMILES string of the molecule is N#CC(c1ccc(Br)cc1)N1CCCC1. The van der Waals surface area contributed by atoms with Gasteiger partial charge in [0.15, 0.2) is 0 Å². The molecule has 2 nitrogen and oxygen atoms in total. The number of halogens is 1. The van der Waals surface area contributed by atoms with Gasteiger partial charge in [-0.05, 0) is 43.6 Å². The number of likely N-dealkylation sites (tertiary alicyclic amines) is 1. The normalized spacial score (nSPS) is 18.7. The van der Waals surface area contributed by atoms with Crippen molar-refractivity contribution >= 4 is 15.9 Å². The van der Waals surface area contributed by atoms with Crippen molar-refractivity contribution < 1.29 is 0 Å². The lowest BCUT2D eigenvalue weighted by atomic mass is 10.1.